The fourth-order valence-corrected chi connectivity index (χ4v) is 5.26. The Hall–Kier alpha value is -0.120. The van der Waals surface area contributed by atoms with E-state index in [1.54, 1.807) is 0 Å². The zero-order chi connectivity index (χ0) is 19.9. The van der Waals surface area contributed by atoms with Crippen molar-refractivity contribution in [3.05, 3.63) is 0 Å². The average molecular weight is 522 g/mol. The molecule has 2 aliphatic heterocycles. The number of ether oxygens (including phenoxy) is 1. The van der Waals surface area contributed by atoms with Crippen molar-refractivity contribution in [1.29, 1.82) is 0 Å². The van der Waals surface area contributed by atoms with E-state index in [1.807, 2.05) is 14.2 Å². The third kappa shape index (κ3) is 6.68. The van der Waals surface area contributed by atoms with Crippen molar-refractivity contribution in [2.24, 2.45) is 10.4 Å². The number of hydrogen-bond donors (Lipinski definition) is 2. The first kappa shape index (κ1) is 25.1. The van der Waals surface area contributed by atoms with Crippen LogP contribution in [0.25, 0.3) is 0 Å². The number of nitrogens with zero attached hydrogens (tertiary/aromatic N) is 3. The second-order valence-electron chi connectivity index (χ2n) is 9.45. The molecule has 0 aromatic rings. The zero-order valence-electron chi connectivity index (χ0n) is 19.0. The van der Waals surface area contributed by atoms with Crippen LogP contribution in [0.2, 0.25) is 0 Å². The molecule has 6 nitrogen and oxygen atoms in total. The Balaban J connectivity index is 0.00000300. The van der Waals surface area contributed by atoms with Gasteiger partial charge in [0.25, 0.3) is 0 Å². The first-order valence-electron chi connectivity index (χ1n) is 11.5. The van der Waals surface area contributed by atoms with Crippen LogP contribution < -0.4 is 10.6 Å². The Kier molecular flexibility index (Phi) is 10.5. The van der Waals surface area contributed by atoms with Gasteiger partial charge in [-0.2, -0.15) is 0 Å². The van der Waals surface area contributed by atoms with Gasteiger partial charge in [0.15, 0.2) is 5.96 Å². The minimum Gasteiger partial charge on any atom is -0.385 e. The third-order valence-electron chi connectivity index (χ3n) is 7.63. The maximum atomic E-state index is 5.34. The van der Waals surface area contributed by atoms with Gasteiger partial charge in [0.2, 0.25) is 0 Å². The normalized spacial score (nSPS) is 25.0. The van der Waals surface area contributed by atoms with Gasteiger partial charge in [-0.3, -0.25) is 9.89 Å². The molecule has 3 aliphatic rings. The van der Waals surface area contributed by atoms with Gasteiger partial charge < -0.3 is 20.3 Å². The smallest absolute Gasteiger partial charge is 0.191 e. The molecule has 0 amide bonds. The molecular weight excluding hydrogens is 477 g/mol. The Morgan fingerprint density at radius 1 is 0.931 bits per heavy atom. The van der Waals surface area contributed by atoms with E-state index in [2.05, 4.69) is 32.5 Å². The lowest BCUT2D eigenvalue weighted by Crippen LogP contribution is -2.62. The summed E-state index contributed by atoms with van der Waals surface area (Å²) in [6.45, 7) is 7.80. The Morgan fingerprint density at radius 3 is 2.14 bits per heavy atom. The first-order chi connectivity index (χ1) is 13.6. The summed E-state index contributed by atoms with van der Waals surface area (Å²) in [6.07, 6.45) is 11.7. The average Bonchev–Trinajstić information content (AvgIpc) is 2.71. The highest BCUT2D eigenvalue weighted by Crippen LogP contribution is 2.43. The van der Waals surface area contributed by atoms with Crippen LogP contribution >= 0.6 is 24.0 Å². The maximum absolute atomic E-state index is 5.34. The molecular formula is C22H44IN5O. The quantitative estimate of drug-likeness (QED) is 0.292. The summed E-state index contributed by atoms with van der Waals surface area (Å²) in [5.41, 5.74) is 0.695. The van der Waals surface area contributed by atoms with Crippen molar-refractivity contribution >= 4 is 29.9 Å². The molecule has 0 unspecified atom stereocenters. The van der Waals surface area contributed by atoms with Crippen molar-refractivity contribution in [2.75, 3.05) is 67.1 Å². The van der Waals surface area contributed by atoms with E-state index in [-0.39, 0.29) is 29.5 Å². The minimum atomic E-state index is 0. The third-order valence-corrected chi connectivity index (χ3v) is 7.63. The lowest BCUT2D eigenvalue weighted by Gasteiger charge is -2.50. The van der Waals surface area contributed by atoms with Crippen LogP contribution in [0.1, 0.15) is 57.8 Å². The van der Waals surface area contributed by atoms with Gasteiger partial charge in [0.1, 0.15) is 0 Å². The number of methoxy groups -OCH3 is 1. The van der Waals surface area contributed by atoms with Gasteiger partial charge in [-0.25, -0.2) is 0 Å². The zero-order valence-corrected chi connectivity index (χ0v) is 21.3. The summed E-state index contributed by atoms with van der Waals surface area (Å²) in [4.78, 5) is 9.80. The monoisotopic (exact) mass is 521 g/mol. The SMILES string of the molecule is CN=C(NCC1(CCOC)CCC1)NCC1(N2CCCCC2)CCN(C)CC1.I. The van der Waals surface area contributed by atoms with Gasteiger partial charge in [-0.05, 0) is 83.6 Å². The van der Waals surface area contributed by atoms with Crippen molar-refractivity contribution < 1.29 is 4.74 Å². The first-order valence-corrected chi connectivity index (χ1v) is 11.5. The summed E-state index contributed by atoms with van der Waals surface area (Å²) in [5.74, 6) is 0.971. The van der Waals surface area contributed by atoms with E-state index in [4.69, 9.17) is 4.74 Å². The molecule has 2 saturated heterocycles. The van der Waals surface area contributed by atoms with E-state index in [0.717, 1.165) is 32.1 Å². The fourth-order valence-electron chi connectivity index (χ4n) is 5.26. The topological polar surface area (TPSA) is 52.1 Å². The van der Waals surface area contributed by atoms with E-state index < -0.39 is 0 Å². The molecule has 0 aromatic carbocycles. The molecule has 0 radical (unpaired) electrons. The molecule has 0 atom stereocenters. The molecule has 1 saturated carbocycles. The van der Waals surface area contributed by atoms with Gasteiger partial charge in [-0.15, -0.1) is 24.0 Å². The summed E-state index contributed by atoms with van der Waals surface area (Å²) in [7, 11) is 5.97. The number of guanidine groups is 1. The summed E-state index contributed by atoms with van der Waals surface area (Å²) in [5, 5.41) is 7.36. The van der Waals surface area contributed by atoms with Crippen molar-refractivity contribution in [3.63, 3.8) is 0 Å². The van der Waals surface area contributed by atoms with E-state index in [9.17, 15) is 0 Å². The molecule has 29 heavy (non-hydrogen) atoms. The number of piperidine rings is 2. The fraction of sp³-hybridized carbons (Fsp3) is 0.955. The Labute approximate surface area is 195 Å². The molecule has 1 aliphatic carbocycles. The van der Waals surface area contributed by atoms with Gasteiger partial charge in [-0.1, -0.05) is 12.8 Å². The standard InChI is InChI=1S/C22H43N5O.HI/c1-23-20(24-18-21(8-7-9-21)12-17-28-3)25-19-22(10-15-26(2)16-11-22)27-13-5-4-6-14-27;/h4-19H2,1-3H3,(H2,23,24,25);1H. The predicted octanol–water partition coefficient (Wildman–Crippen LogP) is 2.93. The van der Waals surface area contributed by atoms with Crippen LogP contribution in [0.15, 0.2) is 4.99 Å². The maximum Gasteiger partial charge on any atom is 0.191 e. The molecule has 7 heteroatoms. The van der Waals surface area contributed by atoms with Crippen LogP contribution in [0.5, 0.6) is 0 Å². The van der Waals surface area contributed by atoms with Crippen molar-refractivity contribution in [1.82, 2.24) is 20.4 Å². The molecule has 0 aromatic heterocycles. The highest BCUT2D eigenvalue weighted by Gasteiger charge is 2.40. The summed E-state index contributed by atoms with van der Waals surface area (Å²) >= 11 is 0. The molecule has 2 N–H and O–H groups in total. The van der Waals surface area contributed by atoms with Gasteiger partial charge in [0, 0.05) is 39.4 Å². The van der Waals surface area contributed by atoms with Crippen LogP contribution in [0.3, 0.4) is 0 Å². The lowest BCUT2D eigenvalue weighted by molar-refractivity contribution is 0.0172. The molecule has 0 spiro atoms. The van der Waals surface area contributed by atoms with Gasteiger partial charge >= 0.3 is 0 Å². The minimum absolute atomic E-state index is 0. The molecule has 3 fully saturated rings. The Bertz CT molecular complexity index is 497. The second-order valence-corrected chi connectivity index (χ2v) is 9.45. The van der Waals surface area contributed by atoms with E-state index >= 15 is 0 Å². The molecule has 0 bridgehead atoms. The van der Waals surface area contributed by atoms with Gasteiger partial charge in [0.05, 0.1) is 0 Å². The van der Waals surface area contributed by atoms with Crippen LogP contribution in [0.4, 0.5) is 0 Å². The number of hydrogen-bond acceptors (Lipinski definition) is 4. The van der Waals surface area contributed by atoms with E-state index in [1.165, 1.54) is 77.5 Å². The molecule has 170 valence electrons. The largest absolute Gasteiger partial charge is 0.385 e. The summed E-state index contributed by atoms with van der Waals surface area (Å²) < 4.78 is 5.34. The number of nitrogens with one attached hydrogen (secondary N) is 2. The number of likely N-dealkylation sites (tertiary alicyclic amines) is 2. The highest BCUT2D eigenvalue weighted by atomic mass is 127. The highest BCUT2D eigenvalue weighted by molar-refractivity contribution is 14.0. The number of rotatable bonds is 8. The second kappa shape index (κ2) is 12.1. The molecule has 3 rings (SSSR count). The number of aliphatic imine (C=N–C) groups is 1. The van der Waals surface area contributed by atoms with E-state index in [0.29, 0.717) is 5.41 Å². The van der Waals surface area contributed by atoms with Crippen LogP contribution in [-0.4, -0.2) is 88.4 Å². The van der Waals surface area contributed by atoms with Crippen molar-refractivity contribution in [3.8, 4) is 0 Å². The molecule has 2 heterocycles. The number of halogens is 1. The van der Waals surface area contributed by atoms with Crippen molar-refractivity contribution in [2.45, 2.75) is 63.3 Å². The predicted molar refractivity (Wildman–Crippen MR) is 132 cm³/mol. The van der Waals surface area contributed by atoms with Crippen LogP contribution in [0, 0.1) is 5.41 Å². The Morgan fingerprint density at radius 2 is 1.59 bits per heavy atom. The summed E-state index contributed by atoms with van der Waals surface area (Å²) in [6, 6.07) is 0. The lowest BCUT2D eigenvalue weighted by atomic mass is 9.67. The van der Waals surface area contributed by atoms with Crippen LogP contribution in [-0.2, 0) is 4.74 Å².